The van der Waals surface area contributed by atoms with Crippen molar-refractivity contribution in [1.82, 2.24) is 4.72 Å². The van der Waals surface area contributed by atoms with E-state index in [1.807, 2.05) is 0 Å². The van der Waals surface area contributed by atoms with Crippen LogP contribution >= 0.6 is 11.6 Å². The quantitative estimate of drug-likeness (QED) is 0.864. The number of nitrogens with one attached hydrogen (secondary N) is 2. The Morgan fingerprint density at radius 3 is 2.35 bits per heavy atom. The molecular formula is C15H15ClN2O4S. The molecule has 0 saturated carbocycles. The van der Waals surface area contributed by atoms with Gasteiger partial charge < -0.3 is 10.1 Å². The average molecular weight is 355 g/mol. The summed E-state index contributed by atoms with van der Waals surface area (Å²) >= 11 is 5.90. The Morgan fingerprint density at radius 2 is 1.78 bits per heavy atom. The molecule has 0 aliphatic rings. The molecule has 2 rings (SSSR count). The van der Waals surface area contributed by atoms with E-state index in [-0.39, 0.29) is 10.5 Å². The fourth-order valence-corrected chi connectivity index (χ4v) is 2.79. The zero-order valence-electron chi connectivity index (χ0n) is 12.5. The Morgan fingerprint density at radius 1 is 1.13 bits per heavy atom. The summed E-state index contributed by atoms with van der Waals surface area (Å²) in [5.41, 5.74) is 0.735. The Balaban J connectivity index is 2.23. The minimum atomic E-state index is -3.51. The summed E-state index contributed by atoms with van der Waals surface area (Å²) in [5.74, 6) is -0.0187. The molecule has 1 amide bonds. The number of hydrogen-bond donors (Lipinski definition) is 2. The molecule has 0 aromatic heterocycles. The van der Waals surface area contributed by atoms with Crippen molar-refractivity contribution >= 4 is 33.2 Å². The second-order valence-corrected chi connectivity index (χ2v) is 6.85. The minimum Gasteiger partial charge on any atom is -0.496 e. The summed E-state index contributed by atoms with van der Waals surface area (Å²) < 4.78 is 30.6. The van der Waals surface area contributed by atoms with Gasteiger partial charge in [-0.2, -0.15) is 0 Å². The first kappa shape index (κ1) is 17.3. The van der Waals surface area contributed by atoms with Crippen LogP contribution in [0.1, 0.15) is 10.4 Å². The molecule has 0 unspecified atom stereocenters. The van der Waals surface area contributed by atoms with Crippen molar-refractivity contribution in [2.24, 2.45) is 0 Å². The smallest absolute Gasteiger partial charge is 0.259 e. The van der Waals surface area contributed by atoms with Gasteiger partial charge in [0.25, 0.3) is 5.91 Å². The highest BCUT2D eigenvalue weighted by Gasteiger charge is 2.14. The van der Waals surface area contributed by atoms with Gasteiger partial charge in [-0.25, -0.2) is 13.1 Å². The van der Waals surface area contributed by atoms with Crippen LogP contribution in [0.5, 0.6) is 5.75 Å². The average Bonchev–Trinajstić information content (AvgIpc) is 2.55. The summed E-state index contributed by atoms with van der Waals surface area (Å²) in [5, 5.41) is 3.07. The van der Waals surface area contributed by atoms with Crippen LogP contribution in [-0.2, 0) is 10.0 Å². The molecule has 6 nitrogen and oxygen atoms in total. The molecule has 0 radical (unpaired) electrons. The van der Waals surface area contributed by atoms with E-state index in [4.69, 9.17) is 16.3 Å². The molecule has 0 atom stereocenters. The van der Waals surface area contributed by atoms with Crippen molar-refractivity contribution in [1.29, 1.82) is 0 Å². The predicted octanol–water partition coefficient (Wildman–Crippen LogP) is 2.51. The molecule has 0 aliphatic carbocycles. The lowest BCUT2D eigenvalue weighted by Gasteiger charge is -2.10. The number of halogens is 1. The first-order chi connectivity index (χ1) is 10.9. The molecular weight excluding hydrogens is 340 g/mol. The van der Waals surface area contributed by atoms with E-state index in [1.165, 1.54) is 44.5 Å². The number of sulfonamides is 1. The molecule has 0 spiro atoms. The molecule has 0 bridgehead atoms. The van der Waals surface area contributed by atoms with E-state index >= 15 is 0 Å². The maximum atomic E-state index is 12.3. The zero-order valence-corrected chi connectivity index (χ0v) is 14.0. The van der Waals surface area contributed by atoms with Gasteiger partial charge in [-0.1, -0.05) is 11.6 Å². The lowest BCUT2D eigenvalue weighted by molar-refractivity contribution is 0.102. The monoisotopic (exact) mass is 354 g/mol. The number of rotatable bonds is 5. The third-order valence-corrected chi connectivity index (χ3v) is 4.76. The van der Waals surface area contributed by atoms with Crippen molar-refractivity contribution in [2.75, 3.05) is 19.5 Å². The van der Waals surface area contributed by atoms with E-state index < -0.39 is 15.9 Å². The number of amides is 1. The van der Waals surface area contributed by atoms with E-state index in [1.54, 1.807) is 12.1 Å². The van der Waals surface area contributed by atoms with Gasteiger partial charge >= 0.3 is 0 Å². The van der Waals surface area contributed by atoms with Crippen molar-refractivity contribution in [3.05, 3.63) is 53.1 Å². The number of carbonyl (C=O) groups is 1. The largest absolute Gasteiger partial charge is 0.496 e. The Hall–Kier alpha value is -2.09. The van der Waals surface area contributed by atoms with Gasteiger partial charge in [-0.05, 0) is 49.5 Å². The van der Waals surface area contributed by atoms with Gasteiger partial charge in [0.2, 0.25) is 10.0 Å². The highest BCUT2D eigenvalue weighted by molar-refractivity contribution is 7.89. The maximum absolute atomic E-state index is 12.3. The molecule has 2 N–H and O–H groups in total. The van der Waals surface area contributed by atoms with Crippen molar-refractivity contribution < 1.29 is 17.9 Å². The second-order valence-electron chi connectivity index (χ2n) is 4.53. The third-order valence-electron chi connectivity index (χ3n) is 3.10. The minimum absolute atomic E-state index is 0.110. The van der Waals surface area contributed by atoms with E-state index in [0.29, 0.717) is 16.5 Å². The molecule has 0 aliphatic heterocycles. The Labute approximate surface area is 139 Å². The van der Waals surface area contributed by atoms with Crippen molar-refractivity contribution in [2.45, 2.75) is 4.90 Å². The van der Waals surface area contributed by atoms with E-state index in [9.17, 15) is 13.2 Å². The molecule has 2 aromatic carbocycles. The van der Waals surface area contributed by atoms with Crippen LogP contribution < -0.4 is 14.8 Å². The molecule has 122 valence electrons. The fraction of sp³-hybridized carbons (Fsp3) is 0.133. The van der Waals surface area contributed by atoms with Gasteiger partial charge in [-0.15, -0.1) is 0 Å². The highest BCUT2D eigenvalue weighted by atomic mass is 35.5. The van der Waals surface area contributed by atoms with Gasteiger partial charge in [0.1, 0.15) is 5.75 Å². The standard InChI is InChI=1S/C15H15ClN2O4S/c1-17-23(20,21)12-6-4-11(5-7-12)18-15(19)13-9-10(16)3-8-14(13)22-2/h3-9,17H,1-2H3,(H,18,19). The molecule has 0 fully saturated rings. The van der Waals surface area contributed by atoms with Crippen LogP contribution in [-0.4, -0.2) is 28.5 Å². The number of carbonyl (C=O) groups excluding carboxylic acids is 1. The lowest BCUT2D eigenvalue weighted by Crippen LogP contribution is -2.18. The molecule has 0 heterocycles. The molecule has 23 heavy (non-hydrogen) atoms. The van der Waals surface area contributed by atoms with E-state index in [0.717, 1.165) is 0 Å². The Kier molecular flexibility index (Phi) is 5.25. The summed E-state index contributed by atoms with van der Waals surface area (Å²) in [4.78, 5) is 12.4. The van der Waals surface area contributed by atoms with Crippen LogP contribution in [0.4, 0.5) is 5.69 Å². The van der Waals surface area contributed by atoms with Crippen LogP contribution in [0.25, 0.3) is 0 Å². The van der Waals surface area contributed by atoms with Gasteiger partial charge in [0, 0.05) is 10.7 Å². The van der Waals surface area contributed by atoms with Crippen LogP contribution in [0.3, 0.4) is 0 Å². The first-order valence-electron chi connectivity index (χ1n) is 6.56. The predicted molar refractivity (Wildman–Crippen MR) is 88.6 cm³/mol. The van der Waals surface area contributed by atoms with Crippen molar-refractivity contribution in [3.63, 3.8) is 0 Å². The van der Waals surface area contributed by atoms with E-state index in [2.05, 4.69) is 10.0 Å². The van der Waals surface area contributed by atoms with Crippen LogP contribution in [0, 0.1) is 0 Å². The normalized spacial score (nSPS) is 11.1. The molecule has 0 saturated heterocycles. The Bertz CT molecular complexity index is 820. The number of ether oxygens (including phenoxy) is 1. The number of methoxy groups -OCH3 is 1. The second kappa shape index (κ2) is 6.99. The summed E-state index contributed by atoms with van der Waals surface area (Å²) in [7, 11) is -0.726. The number of hydrogen-bond acceptors (Lipinski definition) is 4. The lowest BCUT2D eigenvalue weighted by atomic mass is 10.2. The number of anilines is 1. The third kappa shape index (κ3) is 4.01. The molecule has 8 heteroatoms. The van der Waals surface area contributed by atoms with Crippen LogP contribution in [0.15, 0.2) is 47.4 Å². The van der Waals surface area contributed by atoms with Gasteiger partial charge in [0.05, 0.1) is 17.6 Å². The van der Waals surface area contributed by atoms with Gasteiger partial charge in [-0.3, -0.25) is 4.79 Å². The van der Waals surface area contributed by atoms with Crippen molar-refractivity contribution in [3.8, 4) is 5.75 Å². The zero-order chi connectivity index (χ0) is 17.0. The highest BCUT2D eigenvalue weighted by Crippen LogP contribution is 2.24. The number of benzene rings is 2. The molecule has 2 aromatic rings. The first-order valence-corrected chi connectivity index (χ1v) is 8.42. The fourth-order valence-electron chi connectivity index (χ4n) is 1.89. The maximum Gasteiger partial charge on any atom is 0.259 e. The summed E-state index contributed by atoms with van der Waals surface area (Å²) in [6.07, 6.45) is 0. The summed E-state index contributed by atoms with van der Waals surface area (Å²) in [6, 6.07) is 10.5. The SMILES string of the molecule is CNS(=O)(=O)c1ccc(NC(=O)c2cc(Cl)ccc2OC)cc1. The van der Waals surface area contributed by atoms with Crippen LogP contribution in [0.2, 0.25) is 5.02 Å². The summed E-state index contributed by atoms with van der Waals surface area (Å²) in [6.45, 7) is 0. The van der Waals surface area contributed by atoms with Gasteiger partial charge in [0.15, 0.2) is 0 Å². The topological polar surface area (TPSA) is 84.5 Å².